The molecular weight excluding hydrogens is 573 g/mol. The van der Waals surface area contributed by atoms with E-state index in [9.17, 15) is 9.36 Å². The fourth-order valence-corrected chi connectivity index (χ4v) is 7.43. The molecular formula is C26H28BrF2O5PS. The molecule has 0 fully saturated rings. The minimum Gasteiger partial charge on any atom is -0.456 e. The third kappa shape index (κ3) is 6.14. The summed E-state index contributed by atoms with van der Waals surface area (Å²) < 4.78 is 60.5. The summed E-state index contributed by atoms with van der Waals surface area (Å²) in [7, 11) is -4.83. The topological polar surface area (TPSA) is 61.8 Å². The van der Waals surface area contributed by atoms with Crippen molar-refractivity contribution in [1.82, 2.24) is 0 Å². The summed E-state index contributed by atoms with van der Waals surface area (Å²) in [4.78, 5) is 12.4. The first-order valence-electron chi connectivity index (χ1n) is 11.3. The lowest BCUT2D eigenvalue weighted by molar-refractivity contribution is 0.00696. The summed E-state index contributed by atoms with van der Waals surface area (Å²) in [6.07, 6.45) is 3.57. The molecule has 2 aromatic carbocycles. The van der Waals surface area contributed by atoms with Crippen molar-refractivity contribution in [3.05, 3.63) is 68.5 Å². The number of alkyl halides is 2. The fourth-order valence-electron chi connectivity index (χ4n) is 3.38. The number of halogens is 3. The highest BCUT2D eigenvalue weighted by atomic mass is 79.9. The minimum absolute atomic E-state index is 0.0203. The standard InChI is InChI=1S/C26H28BrF2O5PS/c1-6-32-35(31,33-7-2)26(28,29)23-21(27)20-16-19(24(30)34-25(3,4)5)15-18(22(20)36-23)14-13-17-11-9-8-10-12-17/h8-16H,6-7H2,1-5H3/b14-13+. The molecule has 0 atom stereocenters. The van der Waals surface area contributed by atoms with Crippen LogP contribution in [0, 0.1) is 0 Å². The van der Waals surface area contributed by atoms with Crippen molar-refractivity contribution < 1.29 is 31.9 Å². The Morgan fingerprint density at radius 3 is 2.22 bits per heavy atom. The number of fused-ring (bicyclic) bond motifs is 1. The number of esters is 1. The molecule has 0 aliphatic rings. The van der Waals surface area contributed by atoms with E-state index in [1.165, 1.54) is 19.9 Å². The van der Waals surface area contributed by atoms with Gasteiger partial charge in [-0.2, -0.15) is 8.78 Å². The van der Waals surface area contributed by atoms with Gasteiger partial charge in [-0.1, -0.05) is 42.5 Å². The average molecular weight is 601 g/mol. The Bertz CT molecular complexity index is 1310. The summed E-state index contributed by atoms with van der Waals surface area (Å²) in [6, 6.07) is 12.5. The van der Waals surface area contributed by atoms with Crippen LogP contribution in [-0.2, 0) is 24.0 Å². The summed E-state index contributed by atoms with van der Waals surface area (Å²) in [6.45, 7) is 7.78. The van der Waals surface area contributed by atoms with E-state index in [-0.39, 0.29) is 23.2 Å². The van der Waals surface area contributed by atoms with Crippen LogP contribution in [0.15, 0.2) is 46.9 Å². The van der Waals surface area contributed by atoms with E-state index in [4.69, 9.17) is 13.8 Å². The largest absolute Gasteiger partial charge is 0.456 e. The zero-order valence-electron chi connectivity index (χ0n) is 20.6. The molecule has 0 unspecified atom stereocenters. The molecule has 3 aromatic rings. The Kier molecular flexibility index (Phi) is 8.95. The lowest BCUT2D eigenvalue weighted by atomic mass is 10.1. The van der Waals surface area contributed by atoms with Crippen LogP contribution < -0.4 is 0 Å². The maximum atomic E-state index is 15.7. The van der Waals surface area contributed by atoms with E-state index in [0.29, 0.717) is 15.6 Å². The molecule has 0 aliphatic carbocycles. The number of hydrogen-bond acceptors (Lipinski definition) is 6. The molecule has 0 N–H and O–H groups in total. The minimum atomic E-state index is -4.83. The molecule has 0 saturated carbocycles. The second-order valence-corrected chi connectivity index (χ2v) is 12.7. The highest BCUT2D eigenvalue weighted by molar-refractivity contribution is 9.10. The normalized spacial score (nSPS) is 13.0. The van der Waals surface area contributed by atoms with Crippen molar-refractivity contribution in [3.63, 3.8) is 0 Å². The summed E-state index contributed by atoms with van der Waals surface area (Å²) in [5.74, 6) is -0.584. The van der Waals surface area contributed by atoms with Gasteiger partial charge in [0.1, 0.15) is 10.5 Å². The molecule has 36 heavy (non-hydrogen) atoms. The summed E-state index contributed by atoms with van der Waals surface area (Å²) in [5.41, 5.74) is -3.03. The first-order valence-corrected chi connectivity index (χ1v) is 14.5. The van der Waals surface area contributed by atoms with Crippen LogP contribution >= 0.6 is 34.9 Å². The molecule has 1 heterocycles. The van der Waals surface area contributed by atoms with E-state index in [1.54, 1.807) is 32.9 Å². The Hall–Kier alpha value is -1.90. The number of hydrogen-bond donors (Lipinski definition) is 0. The van der Waals surface area contributed by atoms with E-state index >= 15 is 8.78 Å². The number of carbonyl (C=O) groups is 1. The van der Waals surface area contributed by atoms with Crippen molar-refractivity contribution in [2.75, 3.05) is 13.2 Å². The molecule has 1 aromatic heterocycles. The molecule has 5 nitrogen and oxygen atoms in total. The maximum absolute atomic E-state index is 15.7. The smallest absolute Gasteiger partial charge is 0.405 e. The van der Waals surface area contributed by atoms with Gasteiger partial charge in [-0.05, 0) is 73.8 Å². The van der Waals surface area contributed by atoms with Gasteiger partial charge in [0.05, 0.1) is 18.8 Å². The van der Waals surface area contributed by atoms with Crippen molar-refractivity contribution >= 4 is 63.1 Å². The van der Waals surface area contributed by atoms with Gasteiger partial charge >= 0.3 is 19.2 Å². The van der Waals surface area contributed by atoms with Crippen molar-refractivity contribution in [2.24, 2.45) is 0 Å². The predicted octanol–water partition coefficient (Wildman–Crippen LogP) is 9.10. The Morgan fingerprint density at radius 2 is 1.67 bits per heavy atom. The lowest BCUT2D eigenvalue weighted by Gasteiger charge is -2.25. The molecule has 0 saturated heterocycles. The number of rotatable bonds is 9. The third-order valence-corrected chi connectivity index (χ3v) is 9.53. The highest BCUT2D eigenvalue weighted by Gasteiger charge is 2.57. The van der Waals surface area contributed by atoms with Gasteiger partial charge in [0, 0.05) is 14.6 Å². The fraction of sp³-hybridized carbons (Fsp3) is 0.346. The average Bonchev–Trinajstić information content (AvgIpc) is 3.14. The quantitative estimate of drug-likeness (QED) is 0.139. The Morgan fingerprint density at radius 1 is 1.06 bits per heavy atom. The van der Waals surface area contributed by atoms with E-state index in [0.717, 1.165) is 16.9 Å². The van der Waals surface area contributed by atoms with Gasteiger partial charge in [-0.25, -0.2) is 4.79 Å². The molecule has 0 spiro atoms. The van der Waals surface area contributed by atoms with Crippen molar-refractivity contribution in [3.8, 4) is 0 Å². The highest BCUT2D eigenvalue weighted by Crippen LogP contribution is 2.69. The summed E-state index contributed by atoms with van der Waals surface area (Å²) >= 11 is 4.05. The molecule has 3 rings (SSSR count). The van der Waals surface area contributed by atoms with E-state index in [1.807, 2.05) is 36.4 Å². The zero-order valence-corrected chi connectivity index (χ0v) is 23.9. The van der Waals surface area contributed by atoms with Gasteiger partial charge < -0.3 is 13.8 Å². The molecule has 0 amide bonds. The van der Waals surface area contributed by atoms with E-state index < -0.39 is 29.7 Å². The monoisotopic (exact) mass is 600 g/mol. The molecule has 10 heteroatoms. The Balaban J connectivity index is 2.24. The van der Waals surface area contributed by atoms with Gasteiger partial charge in [-0.15, -0.1) is 11.3 Å². The predicted molar refractivity (Wildman–Crippen MR) is 145 cm³/mol. The number of benzene rings is 2. The molecule has 194 valence electrons. The van der Waals surface area contributed by atoms with E-state index in [2.05, 4.69) is 15.9 Å². The molecule has 0 aliphatic heterocycles. The van der Waals surface area contributed by atoms with Gasteiger partial charge in [0.15, 0.2) is 0 Å². The first kappa shape index (κ1) is 28.7. The zero-order chi connectivity index (χ0) is 26.7. The van der Waals surface area contributed by atoms with Crippen LogP contribution in [0.1, 0.15) is 61.0 Å². The van der Waals surface area contributed by atoms with Gasteiger partial charge in [-0.3, -0.25) is 4.57 Å². The lowest BCUT2D eigenvalue weighted by Crippen LogP contribution is -2.23. The van der Waals surface area contributed by atoms with Crippen LogP contribution in [0.2, 0.25) is 0 Å². The van der Waals surface area contributed by atoms with Gasteiger partial charge in [0.25, 0.3) is 0 Å². The first-order chi connectivity index (χ1) is 16.8. The third-order valence-electron chi connectivity index (χ3n) is 4.86. The number of ether oxygens (including phenoxy) is 1. The second kappa shape index (κ2) is 11.2. The van der Waals surface area contributed by atoms with Crippen LogP contribution in [0.25, 0.3) is 22.2 Å². The van der Waals surface area contributed by atoms with Crippen molar-refractivity contribution in [1.29, 1.82) is 0 Å². The number of thiophene rings is 1. The van der Waals surface area contributed by atoms with Crippen molar-refractivity contribution in [2.45, 2.75) is 45.9 Å². The Labute approximate surface area is 222 Å². The second-order valence-electron chi connectivity index (χ2n) is 8.81. The molecule has 0 bridgehead atoms. The van der Waals surface area contributed by atoms with Crippen LogP contribution in [-0.4, -0.2) is 24.8 Å². The van der Waals surface area contributed by atoms with Crippen LogP contribution in [0.4, 0.5) is 8.78 Å². The van der Waals surface area contributed by atoms with Crippen LogP contribution in [0.5, 0.6) is 0 Å². The van der Waals surface area contributed by atoms with Gasteiger partial charge in [0.2, 0.25) is 0 Å². The summed E-state index contributed by atoms with van der Waals surface area (Å²) in [5, 5.41) is 0.366. The number of carbonyl (C=O) groups excluding carboxylic acids is 1. The maximum Gasteiger partial charge on any atom is 0.405 e. The SMILES string of the molecule is CCOP(=O)(OCC)C(F)(F)c1sc2c(/C=C/c3ccccc3)cc(C(=O)OC(C)(C)C)cc2c1Br. The van der Waals surface area contributed by atoms with Crippen LogP contribution in [0.3, 0.4) is 0 Å². The molecule has 0 radical (unpaired) electrons.